The molecule has 0 radical (unpaired) electrons. The van der Waals surface area contributed by atoms with E-state index in [-0.39, 0.29) is 13.2 Å². The van der Waals surface area contributed by atoms with Crippen LogP contribution >= 0.6 is 0 Å². The van der Waals surface area contributed by atoms with Gasteiger partial charge in [-0.3, -0.25) is 9.78 Å². The van der Waals surface area contributed by atoms with Gasteiger partial charge in [-0.2, -0.15) is 0 Å². The summed E-state index contributed by atoms with van der Waals surface area (Å²) >= 11 is 0. The van der Waals surface area contributed by atoms with E-state index in [2.05, 4.69) is 20.2 Å². The molecular weight excluding hydrogens is 409 g/mol. The van der Waals surface area contributed by atoms with Gasteiger partial charge in [-0.1, -0.05) is 24.3 Å². The summed E-state index contributed by atoms with van der Waals surface area (Å²) in [7, 11) is 3.32. The van der Waals surface area contributed by atoms with E-state index in [0.29, 0.717) is 46.0 Å². The largest absolute Gasteiger partial charge is 0.415 e. The van der Waals surface area contributed by atoms with Crippen LogP contribution < -0.4 is 0 Å². The Morgan fingerprint density at radius 2 is 1.84 bits per heavy atom. The van der Waals surface area contributed by atoms with E-state index < -0.39 is 0 Å². The highest BCUT2D eigenvalue weighted by molar-refractivity contribution is 5.95. The van der Waals surface area contributed by atoms with Gasteiger partial charge in [0.25, 0.3) is 11.8 Å². The van der Waals surface area contributed by atoms with Crippen molar-refractivity contribution < 1.29 is 15.0 Å². The molecule has 0 unspecified atom stereocenters. The van der Waals surface area contributed by atoms with Crippen molar-refractivity contribution in [1.82, 2.24) is 25.1 Å². The zero-order valence-electron chi connectivity index (χ0n) is 17.8. The summed E-state index contributed by atoms with van der Waals surface area (Å²) < 4.78 is 18.9. The maximum Gasteiger partial charge on any atom is 0.268 e. The van der Waals surface area contributed by atoms with E-state index in [4.69, 9.17) is 4.42 Å². The van der Waals surface area contributed by atoms with Crippen LogP contribution in [0.4, 0.5) is 4.39 Å². The predicted molar refractivity (Wildman–Crippen MR) is 121 cm³/mol. The molecule has 32 heavy (non-hydrogen) atoms. The molecule has 0 N–H and O–H groups in total. The Labute approximate surface area is 185 Å². The maximum absolute atomic E-state index is 13.1. The highest BCUT2D eigenvalue weighted by atomic mass is 19.1. The summed E-state index contributed by atoms with van der Waals surface area (Å²) in [6.07, 6.45) is 3.30. The lowest BCUT2D eigenvalue weighted by atomic mass is 10.0. The molecule has 0 fully saturated rings. The number of aryl methyl sites for hydroxylation is 1. The fraction of sp³-hybridized carbons (Fsp3) is 0.125. The minimum atomic E-state index is -0.181. The predicted octanol–water partition coefficient (Wildman–Crippen LogP) is 5.06. The number of halogens is 1. The topological polar surface area (TPSA) is 85.0 Å². The third-order valence-electron chi connectivity index (χ3n) is 4.83. The molecule has 8 heteroatoms. The molecule has 0 atom stereocenters. The zero-order chi connectivity index (χ0) is 22.7. The van der Waals surface area contributed by atoms with Crippen LogP contribution in [0.1, 0.15) is 23.0 Å². The van der Waals surface area contributed by atoms with Crippen LogP contribution in [0.3, 0.4) is 0 Å². The highest BCUT2D eigenvalue weighted by Gasteiger charge is 2.18. The quantitative estimate of drug-likeness (QED) is 0.439. The minimum absolute atomic E-state index is 0. The zero-order valence-corrected chi connectivity index (χ0v) is 17.8. The monoisotopic (exact) mass is 431 g/mol. The lowest BCUT2D eigenvalue weighted by Gasteiger charge is -2.13. The standard InChI is InChI=1S/C24H20FN5O2.H2/c1-15-21(23-29-28-22(32-23)16-7-5-4-6-8-16)27-20(14-26-15)19-10-9-18(24(31)30(2)3)13-17(19)11-12-25;/h4-14H,1-3H3;1H/b12-11+;. The van der Waals surface area contributed by atoms with Gasteiger partial charge < -0.3 is 9.32 Å². The number of benzene rings is 2. The Morgan fingerprint density at radius 3 is 2.56 bits per heavy atom. The smallest absolute Gasteiger partial charge is 0.268 e. The van der Waals surface area contributed by atoms with Crippen molar-refractivity contribution in [2.24, 2.45) is 0 Å². The van der Waals surface area contributed by atoms with Gasteiger partial charge in [0.15, 0.2) is 0 Å². The number of nitrogens with zero attached hydrogens (tertiary/aromatic N) is 5. The van der Waals surface area contributed by atoms with E-state index >= 15 is 0 Å². The van der Waals surface area contributed by atoms with Gasteiger partial charge in [0.1, 0.15) is 5.69 Å². The first-order valence-corrected chi connectivity index (χ1v) is 9.83. The van der Waals surface area contributed by atoms with Gasteiger partial charge in [-0.25, -0.2) is 9.37 Å². The fourth-order valence-corrected chi connectivity index (χ4v) is 3.19. The van der Waals surface area contributed by atoms with Crippen molar-refractivity contribution in [1.29, 1.82) is 0 Å². The van der Waals surface area contributed by atoms with Crippen LogP contribution in [-0.2, 0) is 0 Å². The van der Waals surface area contributed by atoms with E-state index in [1.165, 1.54) is 11.0 Å². The van der Waals surface area contributed by atoms with Gasteiger partial charge in [0.05, 0.1) is 23.9 Å². The Morgan fingerprint density at radius 1 is 1.09 bits per heavy atom. The van der Waals surface area contributed by atoms with Gasteiger partial charge in [-0.05, 0) is 42.8 Å². The second-order valence-electron chi connectivity index (χ2n) is 7.26. The van der Waals surface area contributed by atoms with Crippen LogP contribution in [0.2, 0.25) is 0 Å². The van der Waals surface area contributed by atoms with E-state index in [0.717, 1.165) is 5.56 Å². The van der Waals surface area contributed by atoms with Gasteiger partial charge in [-0.15, -0.1) is 10.2 Å². The molecule has 2 aromatic heterocycles. The molecule has 0 spiro atoms. The van der Waals surface area contributed by atoms with E-state index in [9.17, 15) is 9.18 Å². The van der Waals surface area contributed by atoms with Crippen LogP contribution in [0.25, 0.3) is 40.4 Å². The first-order chi connectivity index (χ1) is 15.5. The van der Waals surface area contributed by atoms with E-state index in [1.807, 2.05) is 30.3 Å². The molecule has 0 saturated carbocycles. The number of rotatable bonds is 5. The fourth-order valence-electron chi connectivity index (χ4n) is 3.19. The summed E-state index contributed by atoms with van der Waals surface area (Å²) in [6.45, 7) is 1.79. The van der Waals surface area contributed by atoms with Crippen LogP contribution in [0, 0.1) is 6.92 Å². The molecule has 0 aliphatic carbocycles. The van der Waals surface area contributed by atoms with Crippen molar-refractivity contribution in [3.63, 3.8) is 0 Å². The van der Waals surface area contributed by atoms with Crippen molar-refractivity contribution >= 4 is 12.0 Å². The second kappa shape index (κ2) is 8.89. The summed E-state index contributed by atoms with van der Waals surface area (Å²) in [4.78, 5) is 22.8. The molecule has 4 aromatic rings. The second-order valence-corrected chi connectivity index (χ2v) is 7.26. The number of hydrogen-bond acceptors (Lipinski definition) is 6. The summed E-state index contributed by atoms with van der Waals surface area (Å²) in [5.41, 5.74) is 3.88. The van der Waals surface area contributed by atoms with Crippen LogP contribution in [0.15, 0.2) is 65.5 Å². The molecule has 0 aliphatic heterocycles. The Bertz CT molecular complexity index is 1310. The van der Waals surface area contributed by atoms with Gasteiger partial charge in [0, 0.05) is 32.2 Å². The molecule has 162 valence electrons. The molecule has 7 nitrogen and oxygen atoms in total. The Hall–Kier alpha value is -4.20. The van der Waals surface area contributed by atoms with Gasteiger partial charge >= 0.3 is 0 Å². The van der Waals surface area contributed by atoms with Crippen molar-refractivity contribution in [3.8, 4) is 34.3 Å². The average molecular weight is 431 g/mol. The number of aromatic nitrogens is 4. The molecule has 2 aromatic carbocycles. The molecule has 0 saturated heterocycles. The van der Waals surface area contributed by atoms with E-state index in [1.54, 1.807) is 45.4 Å². The maximum atomic E-state index is 13.1. The Balaban J connectivity index is 0.00000306. The summed E-state index contributed by atoms with van der Waals surface area (Å²) in [5, 5.41) is 8.24. The normalized spacial score (nSPS) is 11.1. The number of hydrogen-bond donors (Lipinski definition) is 0. The summed E-state index contributed by atoms with van der Waals surface area (Å²) in [6, 6.07) is 14.4. The highest BCUT2D eigenvalue weighted by Crippen LogP contribution is 2.29. The lowest BCUT2D eigenvalue weighted by molar-refractivity contribution is 0.0827. The molecule has 0 aliphatic rings. The molecule has 1 amide bonds. The van der Waals surface area contributed by atoms with Crippen molar-refractivity contribution in [2.75, 3.05) is 14.1 Å². The van der Waals surface area contributed by atoms with Gasteiger partial charge in [0.2, 0.25) is 5.89 Å². The average Bonchev–Trinajstić information content (AvgIpc) is 3.30. The lowest BCUT2D eigenvalue weighted by Crippen LogP contribution is -2.21. The molecule has 0 bridgehead atoms. The van der Waals surface area contributed by atoms with Crippen molar-refractivity contribution in [2.45, 2.75) is 6.92 Å². The van der Waals surface area contributed by atoms with Crippen molar-refractivity contribution in [3.05, 3.63) is 77.9 Å². The molecule has 2 heterocycles. The number of carbonyl (C=O) groups is 1. The third kappa shape index (κ3) is 4.15. The number of amides is 1. The summed E-state index contributed by atoms with van der Waals surface area (Å²) in [5.74, 6) is 0.428. The third-order valence-corrected chi connectivity index (χ3v) is 4.83. The minimum Gasteiger partial charge on any atom is -0.415 e. The SMILES string of the molecule is Cc1ncc(-c2ccc(C(=O)N(C)C)cc2/C=C/F)nc1-c1nnc(-c2ccccc2)o1.[HH]. The first-order valence-electron chi connectivity index (χ1n) is 9.83. The first kappa shape index (κ1) is 21.0. The van der Waals surface area contributed by atoms with Crippen LogP contribution in [-0.4, -0.2) is 45.1 Å². The Kier molecular flexibility index (Phi) is 5.85. The molecular formula is C24H22FN5O2. The van der Waals surface area contributed by atoms with Crippen LogP contribution in [0.5, 0.6) is 0 Å². The molecule has 4 rings (SSSR count). The number of carbonyl (C=O) groups excluding carboxylic acids is 1.